The van der Waals surface area contributed by atoms with E-state index in [0.29, 0.717) is 18.2 Å². The van der Waals surface area contributed by atoms with Gasteiger partial charge in [-0.25, -0.2) is 0 Å². The van der Waals surface area contributed by atoms with E-state index in [4.69, 9.17) is 0 Å². The van der Waals surface area contributed by atoms with Gasteiger partial charge in [0, 0.05) is 0 Å². The van der Waals surface area contributed by atoms with Gasteiger partial charge in [-0.3, -0.25) is 0 Å². The van der Waals surface area contributed by atoms with Crippen LogP contribution in [0, 0.1) is 6.92 Å². The quantitative estimate of drug-likeness (QED) is 0.560. The molecule has 7 heteroatoms. The fraction of sp³-hybridized carbons (Fsp3) is 0.250. The molecule has 0 fully saturated rings. The van der Waals surface area contributed by atoms with E-state index in [1.54, 1.807) is 0 Å². The van der Waals surface area contributed by atoms with Crippen molar-refractivity contribution in [3.8, 4) is 0 Å². The van der Waals surface area contributed by atoms with Crippen molar-refractivity contribution in [3.05, 3.63) is 29.3 Å². The Bertz CT molecular complexity index is 476. The molecule has 0 N–H and O–H groups in total. The van der Waals surface area contributed by atoms with Crippen molar-refractivity contribution in [2.75, 3.05) is 0 Å². The monoisotopic (exact) mass is 242 g/mol. The lowest BCUT2D eigenvalue weighted by molar-refractivity contribution is -0.138. The minimum Gasteiger partial charge on any atom is -0.189 e. The van der Waals surface area contributed by atoms with Crippen LogP contribution >= 0.6 is 0 Å². The van der Waals surface area contributed by atoms with Gasteiger partial charge in [-0.05, 0) is 30.7 Å². The lowest BCUT2D eigenvalue weighted by Crippen LogP contribution is -2.08. The SMILES string of the molecule is Cc1cc(S(=O)(=O)F)ccc1C(F)(F)F. The van der Waals surface area contributed by atoms with Crippen LogP contribution in [0.5, 0.6) is 0 Å². The lowest BCUT2D eigenvalue weighted by atomic mass is 10.1. The lowest BCUT2D eigenvalue weighted by Gasteiger charge is -2.10. The van der Waals surface area contributed by atoms with Crippen molar-refractivity contribution in [1.82, 2.24) is 0 Å². The molecule has 0 atom stereocenters. The van der Waals surface area contributed by atoms with E-state index >= 15 is 0 Å². The van der Waals surface area contributed by atoms with Crippen LogP contribution < -0.4 is 0 Å². The fourth-order valence-electron chi connectivity index (χ4n) is 1.11. The van der Waals surface area contributed by atoms with Crippen LogP contribution in [-0.4, -0.2) is 8.42 Å². The largest absolute Gasteiger partial charge is 0.416 e. The molecule has 2 nitrogen and oxygen atoms in total. The third-order valence-electron chi connectivity index (χ3n) is 1.78. The maximum atomic E-state index is 12.4. The molecule has 15 heavy (non-hydrogen) atoms. The van der Waals surface area contributed by atoms with Gasteiger partial charge in [-0.15, -0.1) is 3.89 Å². The van der Waals surface area contributed by atoms with Gasteiger partial charge in [0.25, 0.3) is 0 Å². The molecular weight excluding hydrogens is 236 g/mol. The normalized spacial score (nSPS) is 12.9. The van der Waals surface area contributed by atoms with Crippen LogP contribution in [0.1, 0.15) is 11.1 Å². The van der Waals surface area contributed by atoms with Crippen LogP contribution in [-0.2, 0) is 16.4 Å². The van der Waals surface area contributed by atoms with Crippen LogP contribution in [0.25, 0.3) is 0 Å². The number of aryl methyl sites for hydroxylation is 1. The summed E-state index contributed by atoms with van der Waals surface area (Å²) in [6.45, 7) is 1.07. The van der Waals surface area contributed by atoms with Crippen molar-refractivity contribution in [2.24, 2.45) is 0 Å². The highest BCUT2D eigenvalue weighted by atomic mass is 32.3. The summed E-state index contributed by atoms with van der Waals surface area (Å²) >= 11 is 0. The Kier molecular flexibility index (Phi) is 2.77. The number of alkyl halides is 3. The van der Waals surface area contributed by atoms with Crippen LogP contribution in [0.15, 0.2) is 23.1 Å². The number of hydrogen-bond acceptors (Lipinski definition) is 2. The second kappa shape index (κ2) is 3.48. The topological polar surface area (TPSA) is 34.1 Å². The van der Waals surface area contributed by atoms with Gasteiger partial charge in [0.15, 0.2) is 0 Å². The minimum absolute atomic E-state index is 0.332. The number of rotatable bonds is 1. The summed E-state index contributed by atoms with van der Waals surface area (Å²) in [5.74, 6) is 0. The third-order valence-corrected chi connectivity index (χ3v) is 2.60. The van der Waals surface area contributed by atoms with E-state index in [9.17, 15) is 25.5 Å². The van der Waals surface area contributed by atoms with Crippen LogP contribution in [0.4, 0.5) is 17.1 Å². The van der Waals surface area contributed by atoms with Crippen molar-refractivity contribution < 1.29 is 25.5 Å². The number of hydrogen-bond donors (Lipinski definition) is 0. The number of benzene rings is 1. The molecule has 0 aliphatic carbocycles. The zero-order chi connectivity index (χ0) is 11.9. The van der Waals surface area contributed by atoms with E-state index in [-0.39, 0.29) is 5.56 Å². The molecule has 1 aromatic rings. The third kappa shape index (κ3) is 2.68. The Balaban J connectivity index is 3.34. The fourth-order valence-corrected chi connectivity index (χ4v) is 1.65. The average Bonchev–Trinajstić information content (AvgIpc) is 1.99. The standard InChI is InChI=1S/C8H6F4O2S/c1-5-4-6(15(12,13)14)2-3-7(5)8(9,10)11/h2-4H,1H3. The molecule has 0 aliphatic heterocycles. The van der Waals surface area contributed by atoms with Crippen LogP contribution in [0.3, 0.4) is 0 Å². The minimum atomic E-state index is -4.95. The first-order chi connectivity index (χ1) is 6.62. The number of halogens is 4. The molecule has 0 aliphatic rings. The van der Waals surface area contributed by atoms with Gasteiger partial charge < -0.3 is 0 Å². The first-order valence-corrected chi connectivity index (χ1v) is 5.13. The first-order valence-electron chi connectivity index (χ1n) is 3.75. The Morgan fingerprint density at radius 2 is 1.73 bits per heavy atom. The molecule has 0 saturated heterocycles. The van der Waals surface area contributed by atoms with E-state index in [2.05, 4.69) is 0 Å². The molecule has 0 heterocycles. The van der Waals surface area contributed by atoms with Gasteiger partial charge in [-0.2, -0.15) is 21.6 Å². The molecule has 0 radical (unpaired) electrons. The smallest absolute Gasteiger partial charge is 0.189 e. The predicted octanol–water partition coefficient (Wildman–Crippen LogP) is 2.67. The van der Waals surface area contributed by atoms with Crippen molar-refractivity contribution in [1.29, 1.82) is 0 Å². The second-order valence-corrected chi connectivity index (χ2v) is 4.26. The highest BCUT2D eigenvalue weighted by Gasteiger charge is 2.32. The van der Waals surface area contributed by atoms with E-state index in [1.165, 1.54) is 0 Å². The molecule has 1 aromatic carbocycles. The zero-order valence-electron chi connectivity index (χ0n) is 7.47. The van der Waals surface area contributed by atoms with Gasteiger partial charge in [0.2, 0.25) is 0 Å². The second-order valence-electron chi connectivity index (χ2n) is 2.91. The van der Waals surface area contributed by atoms with Crippen LogP contribution in [0.2, 0.25) is 0 Å². The van der Waals surface area contributed by atoms with E-state index < -0.39 is 26.9 Å². The predicted molar refractivity (Wildman–Crippen MR) is 44.5 cm³/mol. The summed E-state index contributed by atoms with van der Waals surface area (Å²) < 4.78 is 69.9. The first kappa shape index (κ1) is 12.0. The maximum absolute atomic E-state index is 12.4. The molecule has 1 rings (SSSR count). The van der Waals surface area contributed by atoms with Gasteiger partial charge in [-0.1, -0.05) is 0 Å². The Morgan fingerprint density at radius 1 is 1.20 bits per heavy atom. The van der Waals surface area contributed by atoms with Crippen molar-refractivity contribution >= 4 is 10.2 Å². The van der Waals surface area contributed by atoms with E-state index in [1.807, 2.05) is 0 Å². The van der Waals surface area contributed by atoms with Crippen molar-refractivity contribution in [2.45, 2.75) is 18.0 Å². The molecule has 0 unspecified atom stereocenters. The molecule has 84 valence electrons. The van der Waals surface area contributed by atoms with Crippen molar-refractivity contribution in [3.63, 3.8) is 0 Å². The molecule has 0 amide bonds. The molecule has 0 spiro atoms. The Labute approximate surface area is 83.7 Å². The molecule has 0 bridgehead atoms. The molecular formula is C8H6F4O2S. The summed E-state index contributed by atoms with van der Waals surface area (Å²) in [6.07, 6.45) is -4.57. The Morgan fingerprint density at radius 3 is 2.07 bits per heavy atom. The van der Waals surface area contributed by atoms with E-state index in [0.717, 1.165) is 6.92 Å². The summed E-state index contributed by atoms with van der Waals surface area (Å²) in [7, 11) is -4.95. The molecule has 0 aromatic heterocycles. The van der Waals surface area contributed by atoms with Gasteiger partial charge >= 0.3 is 16.4 Å². The Hall–Kier alpha value is -1.11. The summed E-state index contributed by atoms with van der Waals surface area (Å²) in [6, 6.07) is 1.78. The summed E-state index contributed by atoms with van der Waals surface area (Å²) in [5.41, 5.74) is -1.31. The average molecular weight is 242 g/mol. The highest BCUT2D eigenvalue weighted by Crippen LogP contribution is 2.32. The van der Waals surface area contributed by atoms with Gasteiger partial charge in [0.05, 0.1) is 10.5 Å². The highest BCUT2D eigenvalue weighted by molar-refractivity contribution is 7.86. The maximum Gasteiger partial charge on any atom is 0.416 e. The summed E-state index contributed by atoms with van der Waals surface area (Å²) in [5, 5.41) is 0. The molecule has 0 saturated carbocycles. The van der Waals surface area contributed by atoms with Gasteiger partial charge in [0.1, 0.15) is 0 Å². The summed E-state index contributed by atoms with van der Waals surface area (Å²) in [4.78, 5) is -0.770. The zero-order valence-corrected chi connectivity index (χ0v) is 8.29.